The Morgan fingerprint density at radius 2 is 1.83 bits per heavy atom. The van der Waals surface area contributed by atoms with Crippen LogP contribution in [0.2, 0.25) is 5.02 Å². The predicted molar refractivity (Wildman–Crippen MR) is 97.2 cm³/mol. The first kappa shape index (κ1) is 17.8. The molecular weight excluding hydrogens is 308 g/mol. The second-order valence-electron chi connectivity index (χ2n) is 5.97. The van der Waals surface area contributed by atoms with Crippen LogP contribution in [0.25, 0.3) is 0 Å². The van der Waals surface area contributed by atoms with E-state index in [9.17, 15) is 0 Å². The number of rotatable bonds is 8. The van der Waals surface area contributed by atoms with E-state index in [2.05, 4.69) is 48.6 Å². The van der Waals surface area contributed by atoms with E-state index in [0.717, 1.165) is 30.9 Å². The maximum absolute atomic E-state index is 6.15. The fraction of sp³-hybridized carbons (Fsp3) is 0.368. The SMILES string of the molecule is Cc1cccc(Cl)c1OCCNCc1cccc(CN(C)C)c1. The van der Waals surface area contributed by atoms with Crippen molar-refractivity contribution in [3.63, 3.8) is 0 Å². The summed E-state index contributed by atoms with van der Waals surface area (Å²) in [6.45, 7) is 5.18. The molecule has 0 unspecified atom stereocenters. The summed E-state index contributed by atoms with van der Waals surface area (Å²) in [5.74, 6) is 0.781. The van der Waals surface area contributed by atoms with Crippen LogP contribution in [0.3, 0.4) is 0 Å². The van der Waals surface area contributed by atoms with Crippen LogP contribution >= 0.6 is 11.6 Å². The van der Waals surface area contributed by atoms with Crippen LogP contribution in [-0.2, 0) is 13.1 Å². The third-order valence-corrected chi connectivity index (χ3v) is 3.81. The second kappa shape index (κ2) is 8.92. The summed E-state index contributed by atoms with van der Waals surface area (Å²) < 4.78 is 5.78. The molecule has 2 aromatic carbocycles. The first-order valence-corrected chi connectivity index (χ1v) is 8.25. The Labute approximate surface area is 144 Å². The van der Waals surface area contributed by atoms with E-state index in [1.165, 1.54) is 11.1 Å². The molecule has 0 heterocycles. The van der Waals surface area contributed by atoms with Gasteiger partial charge in [-0.2, -0.15) is 0 Å². The molecule has 3 nitrogen and oxygen atoms in total. The van der Waals surface area contributed by atoms with Crippen molar-refractivity contribution >= 4 is 11.6 Å². The molecule has 0 atom stereocenters. The highest BCUT2D eigenvalue weighted by Gasteiger charge is 2.04. The van der Waals surface area contributed by atoms with Gasteiger partial charge in [-0.05, 0) is 43.8 Å². The van der Waals surface area contributed by atoms with E-state index in [-0.39, 0.29) is 0 Å². The van der Waals surface area contributed by atoms with Crippen LogP contribution in [0.15, 0.2) is 42.5 Å². The van der Waals surface area contributed by atoms with Crippen molar-refractivity contribution in [2.45, 2.75) is 20.0 Å². The molecular formula is C19H25ClN2O. The molecule has 2 aromatic rings. The van der Waals surface area contributed by atoms with Gasteiger partial charge in [-0.3, -0.25) is 0 Å². The second-order valence-corrected chi connectivity index (χ2v) is 6.38. The minimum atomic E-state index is 0.599. The zero-order chi connectivity index (χ0) is 16.7. The Kier molecular flexibility index (Phi) is 6.90. The van der Waals surface area contributed by atoms with E-state index in [1.807, 2.05) is 25.1 Å². The van der Waals surface area contributed by atoms with E-state index in [0.29, 0.717) is 11.6 Å². The summed E-state index contributed by atoms with van der Waals surface area (Å²) in [7, 11) is 4.16. The van der Waals surface area contributed by atoms with Crippen LogP contribution in [0, 0.1) is 6.92 Å². The molecule has 0 saturated heterocycles. The first-order valence-electron chi connectivity index (χ1n) is 7.87. The number of hydrogen-bond acceptors (Lipinski definition) is 3. The topological polar surface area (TPSA) is 24.5 Å². The molecule has 0 aromatic heterocycles. The molecule has 1 N–H and O–H groups in total. The Bertz CT molecular complexity index is 608. The molecule has 0 amide bonds. The summed E-state index contributed by atoms with van der Waals surface area (Å²) in [5.41, 5.74) is 3.68. The van der Waals surface area contributed by atoms with Gasteiger partial charge in [0, 0.05) is 19.6 Å². The molecule has 124 valence electrons. The van der Waals surface area contributed by atoms with Gasteiger partial charge in [-0.1, -0.05) is 48.0 Å². The number of hydrogen-bond donors (Lipinski definition) is 1. The number of aryl methyl sites for hydroxylation is 1. The molecule has 0 aliphatic rings. The largest absolute Gasteiger partial charge is 0.490 e. The average molecular weight is 333 g/mol. The van der Waals surface area contributed by atoms with Crippen LogP contribution in [0.5, 0.6) is 5.75 Å². The predicted octanol–water partition coefficient (Wildman–Crippen LogP) is 3.88. The molecule has 0 aliphatic heterocycles. The highest BCUT2D eigenvalue weighted by Crippen LogP contribution is 2.27. The van der Waals surface area contributed by atoms with E-state index < -0.39 is 0 Å². The minimum absolute atomic E-state index is 0.599. The van der Waals surface area contributed by atoms with E-state index in [4.69, 9.17) is 16.3 Å². The fourth-order valence-electron chi connectivity index (χ4n) is 2.46. The number of para-hydroxylation sites is 1. The van der Waals surface area contributed by atoms with Crippen molar-refractivity contribution in [3.8, 4) is 5.75 Å². The van der Waals surface area contributed by atoms with Crippen molar-refractivity contribution in [1.29, 1.82) is 0 Å². The zero-order valence-corrected chi connectivity index (χ0v) is 14.9. The molecule has 0 saturated carbocycles. The highest BCUT2D eigenvalue weighted by atomic mass is 35.5. The van der Waals surface area contributed by atoms with Gasteiger partial charge in [-0.15, -0.1) is 0 Å². The smallest absolute Gasteiger partial charge is 0.140 e. The average Bonchev–Trinajstić information content (AvgIpc) is 2.49. The summed E-state index contributed by atoms with van der Waals surface area (Å²) in [6.07, 6.45) is 0. The Morgan fingerprint density at radius 1 is 1.09 bits per heavy atom. The highest BCUT2D eigenvalue weighted by molar-refractivity contribution is 6.32. The lowest BCUT2D eigenvalue weighted by molar-refractivity contribution is 0.312. The molecule has 23 heavy (non-hydrogen) atoms. The monoisotopic (exact) mass is 332 g/mol. The van der Waals surface area contributed by atoms with Crippen molar-refractivity contribution in [2.24, 2.45) is 0 Å². The van der Waals surface area contributed by atoms with Crippen LogP contribution in [0.4, 0.5) is 0 Å². The molecule has 0 radical (unpaired) electrons. The Hall–Kier alpha value is -1.55. The number of halogens is 1. The lowest BCUT2D eigenvalue weighted by atomic mass is 10.1. The van der Waals surface area contributed by atoms with Gasteiger partial charge >= 0.3 is 0 Å². The normalized spacial score (nSPS) is 11.0. The van der Waals surface area contributed by atoms with Gasteiger partial charge in [-0.25, -0.2) is 0 Å². The molecule has 2 rings (SSSR count). The number of benzene rings is 2. The molecule has 4 heteroatoms. The number of nitrogens with one attached hydrogen (secondary N) is 1. The lowest BCUT2D eigenvalue weighted by Gasteiger charge is -2.12. The molecule has 0 spiro atoms. The van der Waals surface area contributed by atoms with Crippen LogP contribution in [0.1, 0.15) is 16.7 Å². The maximum Gasteiger partial charge on any atom is 0.140 e. The van der Waals surface area contributed by atoms with Crippen molar-refractivity contribution < 1.29 is 4.74 Å². The lowest BCUT2D eigenvalue weighted by Crippen LogP contribution is -2.21. The third-order valence-electron chi connectivity index (χ3n) is 3.51. The summed E-state index contributed by atoms with van der Waals surface area (Å²) in [5, 5.41) is 4.08. The first-order chi connectivity index (χ1) is 11.1. The Morgan fingerprint density at radius 3 is 2.57 bits per heavy atom. The van der Waals surface area contributed by atoms with Gasteiger partial charge in [0.15, 0.2) is 0 Å². The maximum atomic E-state index is 6.15. The standard InChI is InChI=1S/C19H25ClN2O/c1-15-6-4-9-18(20)19(15)23-11-10-21-13-16-7-5-8-17(12-16)14-22(2)3/h4-9,12,21H,10-11,13-14H2,1-3H3. The van der Waals surface area contributed by atoms with Crippen LogP contribution in [-0.4, -0.2) is 32.1 Å². The van der Waals surface area contributed by atoms with Crippen molar-refractivity contribution in [2.75, 3.05) is 27.2 Å². The van der Waals surface area contributed by atoms with Gasteiger partial charge < -0.3 is 15.0 Å². The number of nitrogens with zero attached hydrogens (tertiary/aromatic N) is 1. The third kappa shape index (κ3) is 5.87. The van der Waals surface area contributed by atoms with Crippen molar-refractivity contribution in [3.05, 3.63) is 64.2 Å². The fourth-order valence-corrected chi connectivity index (χ4v) is 2.74. The Balaban J connectivity index is 1.75. The van der Waals surface area contributed by atoms with Crippen LogP contribution < -0.4 is 10.1 Å². The van der Waals surface area contributed by atoms with Crippen molar-refractivity contribution in [1.82, 2.24) is 10.2 Å². The summed E-state index contributed by atoms with van der Waals surface area (Å²) in [4.78, 5) is 2.17. The summed E-state index contributed by atoms with van der Waals surface area (Å²) in [6, 6.07) is 14.4. The van der Waals surface area contributed by atoms with Gasteiger partial charge in [0.1, 0.15) is 12.4 Å². The van der Waals surface area contributed by atoms with E-state index >= 15 is 0 Å². The zero-order valence-electron chi connectivity index (χ0n) is 14.1. The van der Waals surface area contributed by atoms with E-state index in [1.54, 1.807) is 0 Å². The number of ether oxygens (including phenoxy) is 1. The quantitative estimate of drug-likeness (QED) is 0.742. The van der Waals surface area contributed by atoms with Gasteiger partial charge in [0.25, 0.3) is 0 Å². The van der Waals surface area contributed by atoms with Gasteiger partial charge in [0.2, 0.25) is 0 Å². The summed E-state index contributed by atoms with van der Waals surface area (Å²) >= 11 is 6.15. The minimum Gasteiger partial charge on any atom is -0.490 e. The molecule has 0 aliphatic carbocycles. The molecule has 0 fully saturated rings. The van der Waals surface area contributed by atoms with Gasteiger partial charge in [0.05, 0.1) is 5.02 Å². The molecule has 0 bridgehead atoms.